The molecule has 0 radical (unpaired) electrons. The Labute approximate surface area is 187 Å². The van der Waals surface area contributed by atoms with Gasteiger partial charge in [-0.15, -0.1) is 0 Å². The Morgan fingerprint density at radius 2 is 2.06 bits per heavy atom. The third-order valence-electron chi connectivity index (χ3n) is 5.91. The van der Waals surface area contributed by atoms with Crippen molar-refractivity contribution in [3.8, 4) is 0 Å². The number of esters is 1. The summed E-state index contributed by atoms with van der Waals surface area (Å²) in [5.41, 5.74) is 4.09. The van der Waals surface area contributed by atoms with Gasteiger partial charge in [0.2, 0.25) is 0 Å². The van der Waals surface area contributed by atoms with Crippen LogP contribution in [0.25, 0.3) is 0 Å². The van der Waals surface area contributed by atoms with Crippen molar-refractivity contribution in [3.63, 3.8) is 0 Å². The molecule has 2 aromatic rings. The monoisotopic (exact) mass is 440 g/mol. The van der Waals surface area contributed by atoms with Crippen LogP contribution in [0.4, 0.5) is 9.18 Å². The molecule has 32 heavy (non-hydrogen) atoms. The molecule has 1 unspecified atom stereocenters. The number of hydrogen-bond acceptors (Lipinski definition) is 5. The molecule has 1 atom stereocenters. The molecule has 0 bridgehead atoms. The van der Waals surface area contributed by atoms with Crippen molar-refractivity contribution in [2.24, 2.45) is 0 Å². The van der Waals surface area contributed by atoms with E-state index in [1.54, 1.807) is 11.0 Å². The normalized spacial score (nSPS) is 18.3. The smallest absolute Gasteiger partial charge is 0.410 e. The Balaban J connectivity index is 1.79. The maximum absolute atomic E-state index is 14.0. The van der Waals surface area contributed by atoms with Crippen LogP contribution in [0.15, 0.2) is 30.3 Å². The van der Waals surface area contributed by atoms with E-state index in [1.165, 1.54) is 12.1 Å². The maximum atomic E-state index is 14.0. The summed E-state index contributed by atoms with van der Waals surface area (Å²) in [6.45, 7) is 9.33. The van der Waals surface area contributed by atoms with Gasteiger partial charge in [0, 0.05) is 25.2 Å². The second-order valence-corrected chi connectivity index (χ2v) is 9.38. The molecule has 6 nitrogen and oxygen atoms in total. The zero-order valence-corrected chi connectivity index (χ0v) is 19.0. The summed E-state index contributed by atoms with van der Waals surface area (Å²) in [6, 6.07) is 8.20. The van der Waals surface area contributed by atoms with Crippen molar-refractivity contribution < 1.29 is 23.5 Å². The van der Waals surface area contributed by atoms with Gasteiger partial charge in [0.05, 0.1) is 11.6 Å². The Kier molecular flexibility index (Phi) is 5.95. The fraction of sp³-hybridized carbons (Fsp3) is 0.440. The molecule has 2 aromatic carbocycles. The number of nitrogens with one attached hydrogen (secondary N) is 1. The molecule has 1 fully saturated rings. The average molecular weight is 441 g/mol. The zero-order valence-electron chi connectivity index (χ0n) is 19.0. The van der Waals surface area contributed by atoms with E-state index in [0.717, 1.165) is 27.8 Å². The number of carbonyl (C=O) groups excluding carboxylic acids is 2. The van der Waals surface area contributed by atoms with Gasteiger partial charge in [0.15, 0.2) is 0 Å². The van der Waals surface area contributed by atoms with Gasteiger partial charge in [0.25, 0.3) is 0 Å². The van der Waals surface area contributed by atoms with E-state index in [1.807, 2.05) is 39.8 Å². The van der Waals surface area contributed by atoms with E-state index >= 15 is 0 Å². The van der Waals surface area contributed by atoms with Gasteiger partial charge in [-0.1, -0.05) is 18.2 Å². The van der Waals surface area contributed by atoms with Crippen LogP contribution in [0.1, 0.15) is 65.0 Å². The van der Waals surface area contributed by atoms with Crippen LogP contribution in [-0.2, 0) is 22.5 Å². The van der Waals surface area contributed by atoms with Crippen LogP contribution in [0, 0.1) is 12.7 Å². The SMILES string of the molecule is Cc1ccc(F)cc1Cc1c(C2CNCCN2C(=O)OC(C)(C)C)ccc2c1C(=O)OC2. The highest BCUT2D eigenvalue weighted by atomic mass is 19.1. The Bertz CT molecular complexity index is 1060. The fourth-order valence-electron chi connectivity index (χ4n) is 4.35. The zero-order chi connectivity index (χ0) is 23.0. The van der Waals surface area contributed by atoms with Crippen molar-refractivity contribution in [2.45, 2.75) is 52.4 Å². The molecule has 1 N–H and O–H groups in total. The van der Waals surface area contributed by atoms with Crippen LogP contribution < -0.4 is 5.32 Å². The molecule has 0 aromatic heterocycles. The number of ether oxygens (including phenoxy) is 2. The average Bonchev–Trinajstić information content (AvgIpc) is 3.11. The van der Waals surface area contributed by atoms with Gasteiger partial charge >= 0.3 is 12.1 Å². The first-order chi connectivity index (χ1) is 15.1. The number of carbonyl (C=O) groups is 2. The Hall–Kier alpha value is -2.93. The standard InChI is InChI=1S/C25H29FN2O4/c1-15-5-7-18(26)11-17(15)12-20-19(8-6-16-14-31-23(29)22(16)20)21-13-27-9-10-28(21)24(30)32-25(2,3)4/h5-8,11,21,27H,9-10,12-14H2,1-4H3. The van der Waals surface area contributed by atoms with E-state index in [9.17, 15) is 14.0 Å². The number of cyclic esters (lactones) is 1. The van der Waals surface area contributed by atoms with E-state index < -0.39 is 5.60 Å². The molecule has 2 aliphatic rings. The number of aryl methyl sites for hydroxylation is 1. The maximum Gasteiger partial charge on any atom is 0.410 e. The second kappa shape index (κ2) is 8.54. The van der Waals surface area contributed by atoms with Gasteiger partial charge in [-0.2, -0.15) is 0 Å². The highest BCUT2D eigenvalue weighted by Crippen LogP contribution is 2.35. The number of rotatable bonds is 3. The molecule has 0 aliphatic carbocycles. The molecular weight excluding hydrogens is 411 g/mol. The lowest BCUT2D eigenvalue weighted by molar-refractivity contribution is 0.0117. The summed E-state index contributed by atoms with van der Waals surface area (Å²) < 4.78 is 25.0. The molecule has 0 saturated carbocycles. The number of benzene rings is 2. The van der Waals surface area contributed by atoms with Crippen LogP contribution >= 0.6 is 0 Å². The molecular formula is C25H29FN2O4. The van der Waals surface area contributed by atoms with Crippen molar-refractivity contribution in [1.82, 2.24) is 10.2 Å². The lowest BCUT2D eigenvalue weighted by Gasteiger charge is -2.38. The quantitative estimate of drug-likeness (QED) is 0.722. The van der Waals surface area contributed by atoms with Crippen LogP contribution in [0.3, 0.4) is 0 Å². The molecule has 170 valence electrons. The number of amides is 1. The Morgan fingerprint density at radius 3 is 2.81 bits per heavy atom. The van der Waals surface area contributed by atoms with Gasteiger partial charge in [-0.25, -0.2) is 14.0 Å². The minimum absolute atomic E-state index is 0.224. The topological polar surface area (TPSA) is 67.9 Å². The van der Waals surface area contributed by atoms with Crippen molar-refractivity contribution in [3.05, 3.63) is 69.5 Å². The lowest BCUT2D eigenvalue weighted by atomic mass is 9.87. The summed E-state index contributed by atoms with van der Waals surface area (Å²) in [7, 11) is 0. The van der Waals surface area contributed by atoms with Crippen LogP contribution in [-0.4, -0.2) is 42.2 Å². The van der Waals surface area contributed by atoms with Gasteiger partial charge in [0.1, 0.15) is 18.0 Å². The number of nitrogens with zero attached hydrogens (tertiary/aromatic N) is 1. The third kappa shape index (κ3) is 4.48. The highest BCUT2D eigenvalue weighted by molar-refractivity contribution is 5.95. The highest BCUT2D eigenvalue weighted by Gasteiger charge is 2.35. The summed E-state index contributed by atoms with van der Waals surface area (Å²) in [5.74, 6) is -0.699. The summed E-state index contributed by atoms with van der Waals surface area (Å²) in [6.07, 6.45) is -0.0180. The largest absolute Gasteiger partial charge is 0.457 e. The molecule has 1 saturated heterocycles. The first-order valence-corrected chi connectivity index (χ1v) is 10.9. The van der Waals surface area contributed by atoms with Crippen molar-refractivity contribution in [2.75, 3.05) is 19.6 Å². The van der Waals surface area contributed by atoms with Crippen LogP contribution in [0.5, 0.6) is 0 Å². The third-order valence-corrected chi connectivity index (χ3v) is 5.91. The predicted molar refractivity (Wildman–Crippen MR) is 118 cm³/mol. The van der Waals surface area contributed by atoms with Crippen molar-refractivity contribution >= 4 is 12.1 Å². The van der Waals surface area contributed by atoms with E-state index in [4.69, 9.17) is 9.47 Å². The molecule has 2 heterocycles. The predicted octanol–water partition coefficient (Wildman–Crippen LogP) is 4.28. The first kappa shape index (κ1) is 22.3. The summed E-state index contributed by atoms with van der Waals surface area (Å²) in [5, 5.41) is 3.35. The molecule has 2 aliphatic heterocycles. The van der Waals surface area contributed by atoms with E-state index in [0.29, 0.717) is 31.6 Å². The van der Waals surface area contributed by atoms with Crippen molar-refractivity contribution in [1.29, 1.82) is 0 Å². The molecule has 0 spiro atoms. The van der Waals surface area contributed by atoms with E-state index in [-0.39, 0.29) is 30.5 Å². The summed E-state index contributed by atoms with van der Waals surface area (Å²) >= 11 is 0. The van der Waals surface area contributed by atoms with Gasteiger partial charge in [-0.05, 0) is 68.5 Å². The second-order valence-electron chi connectivity index (χ2n) is 9.38. The summed E-state index contributed by atoms with van der Waals surface area (Å²) in [4.78, 5) is 27.4. The molecule has 1 amide bonds. The minimum atomic E-state index is -0.615. The lowest BCUT2D eigenvalue weighted by Crippen LogP contribution is -2.50. The Morgan fingerprint density at radius 1 is 1.28 bits per heavy atom. The fourth-order valence-corrected chi connectivity index (χ4v) is 4.35. The van der Waals surface area contributed by atoms with Crippen LogP contribution in [0.2, 0.25) is 0 Å². The molecule has 7 heteroatoms. The van der Waals surface area contributed by atoms with Gasteiger partial charge in [-0.3, -0.25) is 4.90 Å². The first-order valence-electron chi connectivity index (χ1n) is 10.9. The number of hydrogen-bond donors (Lipinski definition) is 1. The number of piperazine rings is 1. The number of fused-ring (bicyclic) bond motifs is 1. The minimum Gasteiger partial charge on any atom is -0.457 e. The molecule has 4 rings (SSSR count). The van der Waals surface area contributed by atoms with E-state index in [2.05, 4.69) is 5.32 Å². The van der Waals surface area contributed by atoms with Gasteiger partial charge < -0.3 is 14.8 Å². The number of halogens is 1.